The molecule has 100 valence electrons. The van der Waals surface area contributed by atoms with Crippen LogP contribution in [0, 0.1) is 5.92 Å². The quantitative estimate of drug-likeness (QED) is 0.919. The second kappa shape index (κ2) is 5.51. The van der Waals surface area contributed by atoms with Crippen LogP contribution in [0.3, 0.4) is 0 Å². The van der Waals surface area contributed by atoms with Crippen molar-refractivity contribution in [3.63, 3.8) is 0 Å². The second-order valence-corrected chi connectivity index (χ2v) is 7.08. The molecule has 3 nitrogen and oxygen atoms in total. The molecule has 1 aliphatic heterocycles. The summed E-state index contributed by atoms with van der Waals surface area (Å²) in [5, 5.41) is 4.47. The van der Waals surface area contributed by atoms with Crippen molar-refractivity contribution in [2.24, 2.45) is 10.9 Å². The molecule has 1 aromatic carbocycles. The van der Waals surface area contributed by atoms with Crippen molar-refractivity contribution >= 4 is 44.2 Å². The second-order valence-electron chi connectivity index (χ2n) is 5.19. The van der Waals surface area contributed by atoms with E-state index in [-0.39, 0.29) is 0 Å². The van der Waals surface area contributed by atoms with E-state index in [1.54, 1.807) is 11.3 Å². The van der Waals surface area contributed by atoms with Gasteiger partial charge in [0, 0.05) is 11.4 Å². The van der Waals surface area contributed by atoms with Crippen molar-refractivity contribution in [1.29, 1.82) is 0 Å². The van der Waals surface area contributed by atoms with E-state index in [1.165, 1.54) is 11.1 Å². The summed E-state index contributed by atoms with van der Waals surface area (Å²) >= 11 is 3.49. The number of aromatic nitrogens is 1. The fraction of sp³-hybridized carbons (Fsp3) is 0.429. The lowest BCUT2D eigenvalue weighted by Crippen LogP contribution is -2.08. The molecule has 0 aliphatic carbocycles. The number of thioether (sulfide) groups is 1. The van der Waals surface area contributed by atoms with Gasteiger partial charge in [0.25, 0.3) is 0 Å². The highest BCUT2D eigenvalue weighted by atomic mass is 32.2. The van der Waals surface area contributed by atoms with E-state index in [4.69, 9.17) is 4.99 Å². The van der Waals surface area contributed by atoms with Crippen LogP contribution in [0.2, 0.25) is 0 Å². The van der Waals surface area contributed by atoms with Gasteiger partial charge in [-0.2, -0.15) is 0 Å². The Morgan fingerprint density at radius 2 is 2.32 bits per heavy atom. The van der Waals surface area contributed by atoms with Gasteiger partial charge in [-0.15, -0.1) is 11.3 Å². The zero-order valence-electron chi connectivity index (χ0n) is 11.1. The topological polar surface area (TPSA) is 37.3 Å². The zero-order chi connectivity index (χ0) is 13.2. The highest BCUT2D eigenvalue weighted by molar-refractivity contribution is 8.14. The van der Waals surface area contributed by atoms with Gasteiger partial charge in [0.05, 0.1) is 21.8 Å². The van der Waals surface area contributed by atoms with Crippen LogP contribution >= 0.6 is 23.1 Å². The van der Waals surface area contributed by atoms with Gasteiger partial charge in [-0.25, -0.2) is 4.98 Å². The molecule has 0 saturated carbocycles. The van der Waals surface area contributed by atoms with Gasteiger partial charge in [-0.1, -0.05) is 25.6 Å². The third-order valence-corrected chi connectivity index (χ3v) is 4.86. The SMILES string of the molecule is CC(C)CC1CSC(Nc2ccc3ncsc3c2)=N1. The van der Waals surface area contributed by atoms with E-state index in [0.717, 1.165) is 22.1 Å². The molecule has 3 rings (SSSR count). The molecule has 0 amide bonds. The normalized spacial score (nSPS) is 19.1. The summed E-state index contributed by atoms with van der Waals surface area (Å²) in [6.07, 6.45) is 1.17. The number of anilines is 1. The first-order valence-corrected chi connectivity index (χ1v) is 8.38. The minimum absolute atomic E-state index is 0.472. The summed E-state index contributed by atoms with van der Waals surface area (Å²) in [5.41, 5.74) is 4.05. The number of hydrogen-bond acceptors (Lipinski definition) is 5. The average molecular weight is 291 g/mol. The molecule has 1 unspecified atom stereocenters. The number of nitrogens with one attached hydrogen (secondary N) is 1. The maximum absolute atomic E-state index is 4.75. The fourth-order valence-corrected chi connectivity index (χ4v) is 3.90. The van der Waals surface area contributed by atoms with Crippen LogP contribution < -0.4 is 5.32 Å². The summed E-state index contributed by atoms with van der Waals surface area (Å²) in [5.74, 6) is 1.81. The Kier molecular flexibility index (Phi) is 3.75. The molecule has 2 heterocycles. The first-order valence-electron chi connectivity index (χ1n) is 6.51. The van der Waals surface area contributed by atoms with Gasteiger partial charge in [0.2, 0.25) is 0 Å². The van der Waals surface area contributed by atoms with Crippen LogP contribution in [0.25, 0.3) is 10.2 Å². The van der Waals surface area contributed by atoms with E-state index in [0.29, 0.717) is 12.0 Å². The third-order valence-electron chi connectivity index (χ3n) is 3.04. The molecule has 1 N–H and O–H groups in total. The summed E-state index contributed by atoms with van der Waals surface area (Å²) in [6.45, 7) is 4.51. The third kappa shape index (κ3) is 3.09. The molecule has 5 heteroatoms. The van der Waals surface area contributed by atoms with Crippen molar-refractivity contribution < 1.29 is 0 Å². The first-order chi connectivity index (χ1) is 9.20. The number of aliphatic imine (C=N–C) groups is 1. The minimum Gasteiger partial charge on any atom is -0.335 e. The number of hydrogen-bond donors (Lipinski definition) is 1. The Morgan fingerprint density at radius 1 is 1.42 bits per heavy atom. The van der Waals surface area contributed by atoms with Crippen molar-refractivity contribution in [3.8, 4) is 0 Å². The number of rotatable bonds is 3. The Balaban J connectivity index is 1.71. The lowest BCUT2D eigenvalue weighted by Gasteiger charge is -2.07. The number of fused-ring (bicyclic) bond motifs is 1. The lowest BCUT2D eigenvalue weighted by molar-refractivity contribution is 0.529. The van der Waals surface area contributed by atoms with Crippen LogP contribution in [0.15, 0.2) is 28.7 Å². The van der Waals surface area contributed by atoms with Crippen LogP contribution in [0.5, 0.6) is 0 Å². The van der Waals surface area contributed by atoms with E-state index in [2.05, 4.69) is 42.3 Å². The molecular formula is C14H17N3S2. The molecule has 0 saturated heterocycles. The number of nitrogens with zero attached hydrogens (tertiary/aromatic N) is 2. The average Bonchev–Trinajstić information content (AvgIpc) is 2.97. The highest BCUT2D eigenvalue weighted by Crippen LogP contribution is 2.26. The monoisotopic (exact) mass is 291 g/mol. The lowest BCUT2D eigenvalue weighted by atomic mass is 10.1. The predicted octanol–water partition coefficient (Wildman–Crippen LogP) is 4.23. The Hall–Kier alpha value is -1.07. The highest BCUT2D eigenvalue weighted by Gasteiger charge is 2.19. The van der Waals surface area contributed by atoms with Gasteiger partial charge in [-0.05, 0) is 30.5 Å². The summed E-state index contributed by atoms with van der Waals surface area (Å²) in [4.78, 5) is 9.04. The fourth-order valence-electron chi connectivity index (χ4n) is 2.21. The Bertz CT molecular complexity index is 604. The van der Waals surface area contributed by atoms with E-state index in [1.807, 2.05) is 17.3 Å². The Morgan fingerprint density at radius 3 is 3.16 bits per heavy atom. The van der Waals surface area contributed by atoms with Crippen molar-refractivity contribution in [2.75, 3.05) is 11.1 Å². The summed E-state index contributed by atoms with van der Waals surface area (Å²) < 4.78 is 1.22. The molecule has 19 heavy (non-hydrogen) atoms. The number of benzene rings is 1. The van der Waals surface area contributed by atoms with Gasteiger partial charge in [0.15, 0.2) is 5.17 Å². The number of thiazole rings is 1. The van der Waals surface area contributed by atoms with Gasteiger partial charge in [0.1, 0.15) is 0 Å². The van der Waals surface area contributed by atoms with Crippen LogP contribution in [0.4, 0.5) is 5.69 Å². The van der Waals surface area contributed by atoms with Crippen molar-refractivity contribution in [3.05, 3.63) is 23.7 Å². The van der Waals surface area contributed by atoms with Crippen molar-refractivity contribution in [2.45, 2.75) is 26.3 Å². The van der Waals surface area contributed by atoms with Gasteiger partial charge >= 0.3 is 0 Å². The molecule has 1 aliphatic rings. The van der Waals surface area contributed by atoms with E-state index >= 15 is 0 Å². The summed E-state index contributed by atoms with van der Waals surface area (Å²) in [6, 6.07) is 6.74. The first kappa shape index (κ1) is 12.9. The molecule has 0 radical (unpaired) electrons. The van der Waals surface area contributed by atoms with Crippen molar-refractivity contribution in [1.82, 2.24) is 4.98 Å². The van der Waals surface area contributed by atoms with Crippen LogP contribution in [-0.2, 0) is 0 Å². The minimum atomic E-state index is 0.472. The van der Waals surface area contributed by atoms with Crippen LogP contribution in [-0.4, -0.2) is 21.9 Å². The molecule has 0 spiro atoms. The maximum Gasteiger partial charge on any atom is 0.161 e. The van der Waals surface area contributed by atoms with E-state index in [9.17, 15) is 0 Å². The zero-order valence-corrected chi connectivity index (χ0v) is 12.7. The number of amidine groups is 1. The predicted molar refractivity (Wildman–Crippen MR) is 86.4 cm³/mol. The largest absolute Gasteiger partial charge is 0.335 e. The summed E-state index contributed by atoms with van der Waals surface area (Å²) in [7, 11) is 0. The smallest absolute Gasteiger partial charge is 0.161 e. The standard InChI is InChI=1S/C14H17N3S2/c1-9(2)5-11-7-18-14(17-11)16-10-3-4-12-13(6-10)19-8-15-12/h3-4,6,8-9,11H,5,7H2,1-2H3,(H,16,17). The van der Waals surface area contributed by atoms with Crippen LogP contribution in [0.1, 0.15) is 20.3 Å². The molecule has 2 aromatic rings. The molecule has 1 aromatic heterocycles. The van der Waals surface area contributed by atoms with E-state index < -0.39 is 0 Å². The Labute approximate surface area is 121 Å². The molecule has 0 bridgehead atoms. The van der Waals surface area contributed by atoms with Gasteiger partial charge in [-0.3, -0.25) is 4.99 Å². The molecule has 0 fully saturated rings. The molecular weight excluding hydrogens is 274 g/mol. The maximum atomic E-state index is 4.75. The molecule has 1 atom stereocenters. The van der Waals surface area contributed by atoms with Gasteiger partial charge < -0.3 is 5.32 Å².